The van der Waals surface area contributed by atoms with E-state index in [-0.39, 0.29) is 6.10 Å². The standard InChI is InChI=1S/C14H27NO/c1-11-7-3-4-8-12(11)15(2)13-9-5-6-10-14(13)16/h11-14,16H,3-10H2,1-2H3/t11?,12?,13-,14-/m1/s1. The summed E-state index contributed by atoms with van der Waals surface area (Å²) in [5.41, 5.74) is 0. The van der Waals surface area contributed by atoms with Gasteiger partial charge >= 0.3 is 0 Å². The molecule has 16 heavy (non-hydrogen) atoms. The van der Waals surface area contributed by atoms with Gasteiger partial charge in [0, 0.05) is 12.1 Å². The van der Waals surface area contributed by atoms with Gasteiger partial charge in [-0.25, -0.2) is 0 Å². The molecule has 0 bridgehead atoms. The van der Waals surface area contributed by atoms with Crippen LogP contribution in [-0.2, 0) is 0 Å². The molecule has 0 aromatic rings. The minimum absolute atomic E-state index is 0.0760. The highest BCUT2D eigenvalue weighted by Crippen LogP contribution is 2.32. The second kappa shape index (κ2) is 5.50. The number of rotatable bonds is 2. The molecule has 2 heteroatoms. The van der Waals surface area contributed by atoms with E-state index in [2.05, 4.69) is 18.9 Å². The first-order valence-corrected chi connectivity index (χ1v) is 7.10. The lowest BCUT2D eigenvalue weighted by Gasteiger charge is -2.44. The van der Waals surface area contributed by atoms with Crippen molar-refractivity contribution in [3.63, 3.8) is 0 Å². The molecule has 2 aliphatic rings. The average molecular weight is 225 g/mol. The third-order valence-corrected chi connectivity index (χ3v) is 4.81. The molecule has 0 aromatic carbocycles. The second-order valence-electron chi connectivity index (χ2n) is 5.91. The molecular weight excluding hydrogens is 198 g/mol. The van der Waals surface area contributed by atoms with Gasteiger partial charge in [-0.3, -0.25) is 4.90 Å². The highest BCUT2D eigenvalue weighted by molar-refractivity contribution is 4.88. The van der Waals surface area contributed by atoms with Gasteiger partial charge in [-0.15, -0.1) is 0 Å². The predicted molar refractivity (Wildman–Crippen MR) is 67.4 cm³/mol. The number of aliphatic hydroxyl groups is 1. The molecule has 2 saturated carbocycles. The Balaban J connectivity index is 1.96. The van der Waals surface area contributed by atoms with Crippen molar-refractivity contribution in [1.29, 1.82) is 0 Å². The molecule has 0 amide bonds. The summed E-state index contributed by atoms with van der Waals surface area (Å²) >= 11 is 0. The first-order valence-electron chi connectivity index (χ1n) is 7.10. The number of nitrogens with zero attached hydrogens (tertiary/aromatic N) is 1. The van der Waals surface area contributed by atoms with Crippen LogP contribution < -0.4 is 0 Å². The second-order valence-corrected chi connectivity index (χ2v) is 5.91. The molecule has 2 unspecified atom stereocenters. The van der Waals surface area contributed by atoms with Crippen molar-refractivity contribution in [2.75, 3.05) is 7.05 Å². The van der Waals surface area contributed by atoms with Crippen molar-refractivity contribution < 1.29 is 5.11 Å². The van der Waals surface area contributed by atoms with E-state index in [1.807, 2.05) is 0 Å². The first kappa shape index (κ1) is 12.4. The van der Waals surface area contributed by atoms with Crippen molar-refractivity contribution in [1.82, 2.24) is 4.90 Å². The van der Waals surface area contributed by atoms with Gasteiger partial charge in [0.25, 0.3) is 0 Å². The largest absolute Gasteiger partial charge is 0.391 e. The van der Waals surface area contributed by atoms with E-state index in [0.29, 0.717) is 12.1 Å². The Bertz CT molecular complexity index is 197. The quantitative estimate of drug-likeness (QED) is 0.781. The monoisotopic (exact) mass is 225 g/mol. The van der Waals surface area contributed by atoms with E-state index in [9.17, 15) is 5.11 Å². The van der Waals surface area contributed by atoms with Crippen LogP contribution in [0.5, 0.6) is 0 Å². The third kappa shape index (κ3) is 2.60. The minimum atomic E-state index is -0.0760. The molecule has 0 aliphatic heterocycles. The summed E-state index contributed by atoms with van der Waals surface area (Å²) in [6, 6.07) is 1.14. The summed E-state index contributed by atoms with van der Waals surface area (Å²) in [6.45, 7) is 2.38. The van der Waals surface area contributed by atoms with Crippen LogP contribution in [0.15, 0.2) is 0 Å². The number of hydrogen-bond donors (Lipinski definition) is 1. The smallest absolute Gasteiger partial charge is 0.0695 e. The van der Waals surface area contributed by atoms with Gasteiger partial charge in [-0.05, 0) is 38.6 Å². The lowest BCUT2D eigenvalue weighted by Crippen LogP contribution is -2.51. The Kier molecular flexibility index (Phi) is 4.26. The Labute approximate surface area is 100 Å². The van der Waals surface area contributed by atoms with Crippen molar-refractivity contribution >= 4 is 0 Å². The van der Waals surface area contributed by atoms with Crippen LogP contribution >= 0.6 is 0 Å². The van der Waals surface area contributed by atoms with Crippen molar-refractivity contribution in [3.8, 4) is 0 Å². The van der Waals surface area contributed by atoms with Crippen LogP contribution in [0.2, 0.25) is 0 Å². The lowest BCUT2D eigenvalue weighted by atomic mass is 9.82. The zero-order chi connectivity index (χ0) is 11.5. The van der Waals surface area contributed by atoms with E-state index < -0.39 is 0 Å². The summed E-state index contributed by atoms with van der Waals surface area (Å²) < 4.78 is 0. The summed E-state index contributed by atoms with van der Waals surface area (Å²) in [7, 11) is 2.24. The molecule has 0 heterocycles. The van der Waals surface area contributed by atoms with Crippen LogP contribution in [0.3, 0.4) is 0 Å². The maximum absolute atomic E-state index is 10.1. The topological polar surface area (TPSA) is 23.5 Å². The molecule has 2 nitrogen and oxygen atoms in total. The maximum Gasteiger partial charge on any atom is 0.0695 e. The van der Waals surface area contributed by atoms with E-state index in [1.165, 1.54) is 44.9 Å². The molecule has 2 aliphatic carbocycles. The molecular formula is C14H27NO. The molecule has 0 aromatic heterocycles. The van der Waals surface area contributed by atoms with Gasteiger partial charge in [0.15, 0.2) is 0 Å². The van der Waals surface area contributed by atoms with Gasteiger partial charge in [-0.2, -0.15) is 0 Å². The highest BCUT2D eigenvalue weighted by atomic mass is 16.3. The van der Waals surface area contributed by atoms with E-state index in [0.717, 1.165) is 12.3 Å². The molecule has 4 atom stereocenters. The Morgan fingerprint density at radius 1 is 0.875 bits per heavy atom. The zero-order valence-electron chi connectivity index (χ0n) is 10.9. The summed E-state index contributed by atoms with van der Waals surface area (Å²) in [5.74, 6) is 0.813. The van der Waals surface area contributed by atoms with Crippen LogP contribution in [0.1, 0.15) is 58.3 Å². The zero-order valence-corrected chi connectivity index (χ0v) is 10.9. The van der Waals surface area contributed by atoms with Crippen molar-refractivity contribution in [3.05, 3.63) is 0 Å². The van der Waals surface area contributed by atoms with E-state index >= 15 is 0 Å². The molecule has 0 saturated heterocycles. The molecule has 0 radical (unpaired) electrons. The minimum Gasteiger partial charge on any atom is -0.391 e. The van der Waals surface area contributed by atoms with Gasteiger partial charge < -0.3 is 5.11 Å². The summed E-state index contributed by atoms with van der Waals surface area (Å²) in [6.07, 6.45) is 10.1. The Morgan fingerprint density at radius 2 is 1.44 bits per heavy atom. The van der Waals surface area contributed by atoms with Gasteiger partial charge in [0.2, 0.25) is 0 Å². The van der Waals surface area contributed by atoms with Gasteiger partial charge in [0.05, 0.1) is 6.10 Å². The normalized spacial score (nSPS) is 41.2. The summed E-state index contributed by atoms with van der Waals surface area (Å²) in [5, 5.41) is 10.1. The van der Waals surface area contributed by atoms with Crippen LogP contribution in [0.4, 0.5) is 0 Å². The van der Waals surface area contributed by atoms with E-state index in [1.54, 1.807) is 0 Å². The highest BCUT2D eigenvalue weighted by Gasteiger charge is 2.33. The first-order chi connectivity index (χ1) is 7.70. The fourth-order valence-corrected chi connectivity index (χ4v) is 3.71. The lowest BCUT2D eigenvalue weighted by molar-refractivity contribution is -0.00738. The average Bonchev–Trinajstić information content (AvgIpc) is 2.29. The van der Waals surface area contributed by atoms with Crippen LogP contribution in [0, 0.1) is 5.92 Å². The van der Waals surface area contributed by atoms with Crippen LogP contribution in [0.25, 0.3) is 0 Å². The van der Waals surface area contributed by atoms with Crippen LogP contribution in [-0.4, -0.2) is 35.2 Å². The molecule has 94 valence electrons. The molecule has 1 N–H and O–H groups in total. The Hall–Kier alpha value is -0.0800. The SMILES string of the molecule is CC1CCCCC1N(C)[C@@H]1CCCC[C@H]1O. The van der Waals surface area contributed by atoms with E-state index in [4.69, 9.17) is 0 Å². The summed E-state index contributed by atoms with van der Waals surface area (Å²) in [4.78, 5) is 2.51. The molecule has 2 fully saturated rings. The Morgan fingerprint density at radius 3 is 2.06 bits per heavy atom. The van der Waals surface area contributed by atoms with Gasteiger partial charge in [0.1, 0.15) is 0 Å². The number of aliphatic hydroxyl groups excluding tert-OH is 1. The maximum atomic E-state index is 10.1. The van der Waals surface area contributed by atoms with Gasteiger partial charge in [-0.1, -0.05) is 32.6 Å². The fourth-order valence-electron chi connectivity index (χ4n) is 3.71. The molecule has 2 rings (SSSR count). The molecule has 0 spiro atoms. The van der Waals surface area contributed by atoms with Crippen molar-refractivity contribution in [2.24, 2.45) is 5.92 Å². The third-order valence-electron chi connectivity index (χ3n) is 4.81. The predicted octanol–water partition coefficient (Wildman–Crippen LogP) is 2.80. The number of likely N-dealkylation sites (N-methyl/N-ethyl adjacent to an activating group) is 1. The van der Waals surface area contributed by atoms with Crippen molar-refractivity contribution in [2.45, 2.75) is 76.5 Å². The number of hydrogen-bond acceptors (Lipinski definition) is 2. The fraction of sp³-hybridized carbons (Fsp3) is 1.00.